The fraction of sp³-hybridized carbons (Fsp3) is 1.00. The summed E-state index contributed by atoms with van der Waals surface area (Å²) < 4.78 is 6.01. The Morgan fingerprint density at radius 3 is 2.71 bits per heavy atom. The van der Waals surface area contributed by atoms with Crippen LogP contribution in [-0.4, -0.2) is 42.3 Å². The molecule has 1 heterocycles. The van der Waals surface area contributed by atoms with Crippen LogP contribution < -0.4 is 5.73 Å². The maximum Gasteiger partial charge on any atom is 0.0697 e. The number of rotatable bonds is 5. The zero-order valence-corrected chi connectivity index (χ0v) is 11.5. The number of ether oxygens (including phenoxy) is 1. The van der Waals surface area contributed by atoms with E-state index >= 15 is 0 Å². The molecule has 1 aliphatic carbocycles. The Balaban J connectivity index is 1.92. The van der Waals surface area contributed by atoms with Gasteiger partial charge >= 0.3 is 0 Å². The quantitative estimate of drug-likeness (QED) is 0.800. The lowest BCUT2D eigenvalue weighted by atomic mass is 9.73. The molecule has 2 aliphatic rings. The summed E-state index contributed by atoms with van der Waals surface area (Å²) in [6.07, 6.45) is 7.48. The van der Waals surface area contributed by atoms with Crippen molar-refractivity contribution in [2.45, 2.75) is 70.1 Å². The molecular weight excluding hydrogens is 212 g/mol. The van der Waals surface area contributed by atoms with Crippen LogP contribution in [0.1, 0.15) is 52.4 Å². The lowest BCUT2D eigenvalue weighted by molar-refractivity contribution is -0.151. The highest BCUT2D eigenvalue weighted by Crippen LogP contribution is 2.43. The van der Waals surface area contributed by atoms with Crippen LogP contribution in [0.3, 0.4) is 0 Å². The maximum atomic E-state index is 6.01. The number of hydrogen-bond acceptors (Lipinski definition) is 3. The zero-order valence-electron chi connectivity index (χ0n) is 11.5. The van der Waals surface area contributed by atoms with Gasteiger partial charge in [0.15, 0.2) is 0 Å². The van der Waals surface area contributed by atoms with Crippen molar-refractivity contribution < 1.29 is 4.74 Å². The number of nitrogens with zero attached hydrogens (tertiary/aromatic N) is 1. The molecule has 3 nitrogen and oxygen atoms in total. The van der Waals surface area contributed by atoms with Crippen LogP contribution in [0.5, 0.6) is 0 Å². The molecular formula is C14H28N2O. The first-order chi connectivity index (χ1) is 8.17. The standard InChI is InChI=1S/C14H28N2O/c1-12(2)16(9-4-8-15)13-5-10-17-14(11-13)6-3-7-14/h12-13H,3-11,15H2,1-2H3. The van der Waals surface area contributed by atoms with Crippen molar-refractivity contribution in [3.8, 4) is 0 Å². The van der Waals surface area contributed by atoms with Crippen LogP contribution in [0.2, 0.25) is 0 Å². The smallest absolute Gasteiger partial charge is 0.0697 e. The highest BCUT2D eigenvalue weighted by atomic mass is 16.5. The first-order valence-corrected chi connectivity index (χ1v) is 7.27. The lowest BCUT2D eigenvalue weighted by Gasteiger charge is -2.50. The predicted molar refractivity (Wildman–Crippen MR) is 71.1 cm³/mol. The second kappa shape index (κ2) is 5.68. The van der Waals surface area contributed by atoms with E-state index in [9.17, 15) is 0 Å². The second-order valence-electron chi connectivity index (χ2n) is 6.01. The van der Waals surface area contributed by atoms with Crippen LogP contribution in [0, 0.1) is 0 Å². The summed E-state index contributed by atoms with van der Waals surface area (Å²) >= 11 is 0. The van der Waals surface area contributed by atoms with Crippen LogP contribution in [0.15, 0.2) is 0 Å². The van der Waals surface area contributed by atoms with Gasteiger partial charge in [-0.25, -0.2) is 0 Å². The van der Waals surface area contributed by atoms with E-state index in [2.05, 4.69) is 18.7 Å². The third-order valence-corrected chi connectivity index (χ3v) is 4.48. The third kappa shape index (κ3) is 3.01. The molecule has 17 heavy (non-hydrogen) atoms. The third-order valence-electron chi connectivity index (χ3n) is 4.48. The Labute approximate surface area is 106 Å². The molecule has 2 fully saturated rings. The Hall–Kier alpha value is -0.120. The molecule has 1 unspecified atom stereocenters. The SMILES string of the molecule is CC(C)N(CCCN)C1CCOC2(CCC2)C1. The van der Waals surface area contributed by atoms with Crippen molar-refractivity contribution in [2.24, 2.45) is 5.73 Å². The van der Waals surface area contributed by atoms with Gasteiger partial charge in [-0.05, 0) is 65.5 Å². The van der Waals surface area contributed by atoms with Crippen LogP contribution in [0.4, 0.5) is 0 Å². The van der Waals surface area contributed by atoms with Gasteiger partial charge in [0.05, 0.1) is 5.60 Å². The summed E-state index contributed by atoms with van der Waals surface area (Å²) in [4.78, 5) is 2.65. The Kier molecular flexibility index (Phi) is 4.45. The van der Waals surface area contributed by atoms with Gasteiger partial charge in [0.1, 0.15) is 0 Å². The van der Waals surface area contributed by atoms with Gasteiger partial charge in [-0.1, -0.05) is 0 Å². The highest BCUT2D eigenvalue weighted by molar-refractivity contribution is 4.97. The predicted octanol–water partition coefficient (Wildman–Crippen LogP) is 2.15. The molecule has 0 aromatic heterocycles. The van der Waals surface area contributed by atoms with Crippen LogP contribution >= 0.6 is 0 Å². The van der Waals surface area contributed by atoms with Crippen molar-refractivity contribution in [2.75, 3.05) is 19.7 Å². The van der Waals surface area contributed by atoms with E-state index in [1.54, 1.807) is 0 Å². The average molecular weight is 240 g/mol. The van der Waals surface area contributed by atoms with E-state index in [0.717, 1.165) is 32.2 Å². The van der Waals surface area contributed by atoms with E-state index in [1.165, 1.54) is 32.1 Å². The van der Waals surface area contributed by atoms with E-state index in [1.807, 2.05) is 0 Å². The minimum Gasteiger partial charge on any atom is -0.375 e. The Morgan fingerprint density at radius 1 is 1.41 bits per heavy atom. The minimum atomic E-state index is 0.263. The molecule has 0 aromatic carbocycles. The Bertz CT molecular complexity index is 238. The van der Waals surface area contributed by atoms with E-state index in [-0.39, 0.29) is 5.60 Å². The molecule has 0 aromatic rings. The molecule has 1 saturated heterocycles. The van der Waals surface area contributed by atoms with Crippen molar-refractivity contribution in [1.82, 2.24) is 4.90 Å². The molecule has 100 valence electrons. The molecule has 1 saturated carbocycles. The molecule has 1 aliphatic heterocycles. The number of nitrogens with two attached hydrogens (primary N) is 1. The van der Waals surface area contributed by atoms with Crippen molar-refractivity contribution >= 4 is 0 Å². The average Bonchev–Trinajstić information content (AvgIpc) is 2.27. The molecule has 3 heteroatoms. The fourth-order valence-corrected chi connectivity index (χ4v) is 3.34. The first kappa shape index (κ1) is 13.3. The normalized spacial score (nSPS) is 27.7. The topological polar surface area (TPSA) is 38.5 Å². The summed E-state index contributed by atoms with van der Waals surface area (Å²) in [5.74, 6) is 0. The van der Waals surface area contributed by atoms with E-state index in [0.29, 0.717) is 6.04 Å². The maximum absolute atomic E-state index is 6.01. The monoisotopic (exact) mass is 240 g/mol. The fourth-order valence-electron chi connectivity index (χ4n) is 3.34. The van der Waals surface area contributed by atoms with Crippen LogP contribution in [0.25, 0.3) is 0 Å². The van der Waals surface area contributed by atoms with Gasteiger partial charge in [0, 0.05) is 18.7 Å². The molecule has 1 spiro atoms. The molecule has 2 rings (SSSR count). The van der Waals surface area contributed by atoms with Crippen molar-refractivity contribution in [1.29, 1.82) is 0 Å². The van der Waals surface area contributed by atoms with Gasteiger partial charge < -0.3 is 10.5 Å². The Morgan fingerprint density at radius 2 is 2.18 bits per heavy atom. The van der Waals surface area contributed by atoms with E-state index in [4.69, 9.17) is 10.5 Å². The summed E-state index contributed by atoms with van der Waals surface area (Å²) in [5, 5.41) is 0. The van der Waals surface area contributed by atoms with Gasteiger partial charge in [-0.2, -0.15) is 0 Å². The first-order valence-electron chi connectivity index (χ1n) is 7.27. The van der Waals surface area contributed by atoms with Crippen molar-refractivity contribution in [3.05, 3.63) is 0 Å². The van der Waals surface area contributed by atoms with Gasteiger partial charge in [-0.3, -0.25) is 4.90 Å². The summed E-state index contributed by atoms with van der Waals surface area (Å²) in [6, 6.07) is 1.34. The van der Waals surface area contributed by atoms with Crippen molar-refractivity contribution in [3.63, 3.8) is 0 Å². The molecule has 0 bridgehead atoms. The van der Waals surface area contributed by atoms with Gasteiger partial charge in [0.25, 0.3) is 0 Å². The molecule has 1 atom stereocenters. The molecule has 0 radical (unpaired) electrons. The van der Waals surface area contributed by atoms with Gasteiger partial charge in [0.2, 0.25) is 0 Å². The highest BCUT2D eigenvalue weighted by Gasteiger charge is 2.44. The molecule has 0 amide bonds. The minimum absolute atomic E-state index is 0.263. The van der Waals surface area contributed by atoms with Crippen LogP contribution in [-0.2, 0) is 4.74 Å². The zero-order chi connectivity index (χ0) is 12.3. The van der Waals surface area contributed by atoms with Gasteiger partial charge in [-0.15, -0.1) is 0 Å². The number of hydrogen-bond donors (Lipinski definition) is 1. The second-order valence-corrected chi connectivity index (χ2v) is 6.01. The lowest BCUT2D eigenvalue weighted by Crippen LogP contribution is -2.53. The molecule has 2 N–H and O–H groups in total. The van der Waals surface area contributed by atoms with E-state index < -0.39 is 0 Å². The summed E-state index contributed by atoms with van der Waals surface area (Å²) in [6.45, 7) is 7.52. The summed E-state index contributed by atoms with van der Waals surface area (Å²) in [5.41, 5.74) is 5.91. The largest absolute Gasteiger partial charge is 0.375 e. The summed E-state index contributed by atoms with van der Waals surface area (Å²) in [7, 11) is 0.